The molecule has 1 heterocycles. The molecule has 0 atom stereocenters. The smallest absolute Gasteiger partial charge is 0.243 e. The summed E-state index contributed by atoms with van der Waals surface area (Å²) in [6.07, 6.45) is 0. The molecule has 0 fully saturated rings. The Hall–Kier alpha value is -1.74. The van der Waals surface area contributed by atoms with Crippen LogP contribution >= 0.6 is 11.3 Å². The first kappa shape index (κ1) is 21.6. The van der Waals surface area contributed by atoms with Gasteiger partial charge in [-0.2, -0.15) is 4.31 Å². The SMILES string of the molecule is CCN(CC(=O)Nc1cccc(S(=O)(=O)N(CC)CC)c1)Cc1cccs1. The van der Waals surface area contributed by atoms with Gasteiger partial charge in [0.2, 0.25) is 15.9 Å². The average molecular weight is 410 g/mol. The summed E-state index contributed by atoms with van der Waals surface area (Å²) < 4.78 is 26.7. The summed E-state index contributed by atoms with van der Waals surface area (Å²) in [5.41, 5.74) is 0.486. The normalized spacial score (nSPS) is 11.9. The third kappa shape index (κ3) is 5.87. The van der Waals surface area contributed by atoms with E-state index in [0.717, 1.165) is 13.1 Å². The maximum atomic E-state index is 12.6. The van der Waals surface area contributed by atoms with Gasteiger partial charge in [-0.05, 0) is 36.2 Å². The van der Waals surface area contributed by atoms with Crippen LogP contribution in [0.3, 0.4) is 0 Å². The van der Waals surface area contributed by atoms with Crippen molar-refractivity contribution >= 4 is 33.0 Å². The van der Waals surface area contributed by atoms with Gasteiger partial charge >= 0.3 is 0 Å². The standard InChI is InChI=1S/C19H27N3O3S2/c1-4-21(14-17-10-8-12-26-17)15-19(23)20-16-9-7-11-18(13-16)27(24,25)22(5-2)6-3/h7-13H,4-6,14-15H2,1-3H3,(H,20,23). The second-order valence-corrected chi connectivity index (χ2v) is 9.02. The Kier molecular flexibility index (Phi) is 7.97. The van der Waals surface area contributed by atoms with Crippen molar-refractivity contribution < 1.29 is 13.2 Å². The van der Waals surface area contributed by atoms with Gasteiger partial charge in [0, 0.05) is 30.2 Å². The van der Waals surface area contributed by atoms with Crippen LogP contribution in [-0.2, 0) is 21.4 Å². The predicted molar refractivity (Wildman–Crippen MR) is 110 cm³/mol. The number of benzene rings is 1. The Morgan fingerprint density at radius 2 is 1.81 bits per heavy atom. The highest BCUT2D eigenvalue weighted by molar-refractivity contribution is 7.89. The summed E-state index contributed by atoms with van der Waals surface area (Å²) in [7, 11) is -3.55. The number of thiophene rings is 1. The maximum Gasteiger partial charge on any atom is 0.243 e. The number of amides is 1. The highest BCUT2D eigenvalue weighted by atomic mass is 32.2. The molecule has 1 amide bonds. The van der Waals surface area contributed by atoms with E-state index in [1.54, 1.807) is 43.4 Å². The Morgan fingerprint density at radius 3 is 2.41 bits per heavy atom. The number of nitrogens with one attached hydrogen (secondary N) is 1. The quantitative estimate of drug-likeness (QED) is 0.654. The van der Waals surface area contributed by atoms with Gasteiger partial charge in [-0.3, -0.25) is 9.69 Å². The molecule has 1 aromatic carbocycles. The molecule has 1 N–H and O–H groups in total. The van der Waals surface area contributed by atoms with Crippen LogP contribution in [-0.4, -0.2) is 49.7 Å². The topological polar surface area (TPSA) is 69.7 Å². The van der Waals surface area contributed by atoms with Crippen molar-refractivity contribution in [1.29, 1.82) is 0 Å². The van der Waals surface area contributed by atoms with Crippen LogP contribution in [0.15, 0.2) is 46.7 Å². The summed E-state index contributed by atoms with van der Waals surface area (Å²) in [4.78, 5) is 15.8. The van der Waals surface area contributed by atoms with E-state index in [-0.39, 0.29) is 17.3 Å². The summed E-state index contributed by atoms with van der Waals surface area (Å²) in [5.74, 6) is -0.161. The van der Waals surface area contributed by atoms with Crippen molar-refractivity contribution in [3.63, 3.8) is 0 Å². The number of carbonyl (C=O) groups is 1. The van der Waals surface area contributed by atoms with Crippen molar-refractivity contribution in [3.05, 3.63) is 46.7 Å². The molecule has 0 spiro atoms. The highest BCUT2D eigenvalue weighted by Gasteiger charge is 2.22. The monoisotopic (exact) mass is 409 g/mol. The molecular weight excluding hydrogens is 382 g/mol. The van der Waals surface area contributed by atoms with Crippen LogP contribution in [0.5, 0.6) is 0 Å². The zero-order chi connectivity index (χ0) is 19.9. The van der Waals surface area contributed by atoms with Crippen LogP contribution < -0.4 is 5.32 Å². The largest absolute Gasteiger partial charge is 0.325 e. The van der Waals surface area contributed by atoms with E-state index in [2.05, 4.69) is 5.32 Å². The number of hydrogen-bond acceptors (Lipinski definition) is 5. The van der Waals surface area contributed by atoms with Crippen molar-refractivity contribution in [1.82, 2.24) is 9.21 Å². The molecule has 0 aliphatic heterocycles. The first-order valence-corrected chi connectivity index (χ1v) is 11.4. The molecule has 27 heavy (non-hydrogen) atoms. The molecule has 1 aromatic heterocycles. The average Bonchev–Trinajstić information content (AvgIpc) is 3.15. The van der Waals surface area contributed by atoms with E-state index >= 15 is 0 Å². The second-order valence-electron chi connectivity index (χ2n) is 6.05. The van der Waals surface area contributed by atoms with Crippen molar-refractivity contribution in [2.75, 3.05) is 31.5 Å². The minimum absolute atomic E-state index is 0.161. The second kappa shape index (κ2) is 9.98. The van der Waals surface area contributed by atoms with Crippen LogP contribution in [0.4, 0.5) is 5.69 Å². The number of nitrogens with zero attached hydrogens (tertiary/aromatic N) is 2. The van der Waals surface area contributed by atoms with Crippen LogP contribution in [0.1, 0.15) is 25.6 Å². The molecule has 0 saturated heterocycles. The third-order valence-corrected chi connectivity index (χ3v) is 7.14. The molecule has 0 bridgehead atoms. The van der Waals surface area contributed by atoms with E-state index in [1.807, 2.05) is 29.3 Å². The van der Waals surface area contributed by atoms with Crippen LogP contribution in [0.25, 0.3) is 0 Å². The Bertz CT molecular complexity index is 832. The molecule has 6 nitrogen and oxygen atoms in total. The minimum Gasteiger partial charge on any atom is -0.325 e. The van der Waals surface area contributed by atoms with Gasteiger partial charge in [-0.15, -0.1) is 11.3 Å². The molecule has 2 aromatic rings. The van der Waals surface area contributed by atoms with Crippen molar-refractivity contribution in [3.8, 4) is 0 Å². The maximum absolute atomic E-state index is 12.6. The predicted octanol–water partition coefficient (Wildman–Crippen LogP) is 3.24. The van der Waals surface area contributed by atoms with Gasteiger partial charge in [-0.25, -0.2) is 8.42 Å². The molecule has 0 aliphatic carbocycles. The third-order valence-electron chi connectivity index (χ3n) is 4.23. The van der Waals surface area contributed by atoms with E-state index in [1.165, 1.54) is 15.2 Å². The number of likely N-dealkylation sites (N-methyl/N-ethyl adjacent to an activating group) is 1. The molecule has 0 aliphatic rings. The van der Waals surface area contributed by atoms with Gasteiger partial charge in [-0.1, -0.05) is 32.9 Å². The molecular formula is C19H27N3O3S2. The number of hydrogen-bond donors (Lipinski definition) is 1. The lowest BCUT2D eigenvalue weighted by molar-refractivity contribution is -0.117. The highest BCUT2D eigenvalue weighted by Crippen LogP contribution is 2.19. The Labute approximate surface area is 165 Å². The summed E-state index contributed by atoms with van der Waals surface area (Å²) >= 11 is 1.66. The van der Waals surface area contributed by atoms with Gasteiger partial charge < -0.3 is 5.32 Å². The van der Waals surface area contributed by atoms with E-state index < -0.39 is 10.0 Å². The lowest BCUT2D eigenvalue weighted by atomic mass is 10.3. The zero-order valence-corrected chi connectivity index (χ0v) is 17.6. The molecule has 148 valence electrons. The van der Waals surface area contributed by atoms with Crippen LogP contribution in [0, 0.1) is 0 Å². The summed E-state index contributed by atoms with van der Waals surface area (Å²) in [6, 6.07) is 10.5. The minimum atomic E-state index is -3.55. The Morgan fingerprint density at radius 1 is 1.07 bits per heavy atom. The van der Waals surface area contributed by atoms with Gasteiger partial charge in [0.05, 0.1) is 11.4 Å². The van der Waals surface area contributed by atoms with Crippen molar-refractivity contribution in [2.45, 2.75) is 32.2 Å². The van der Waals surface area contributed by atoms with E-state index in [9.17, 15) is 13.2 Å². The van der Waals surface area contributed by atoms with Gasteiger partial charge in [0.1, 0.15) is 0 Å². The molecule has 0 radical (unpaired) electrons. The fraction of sp³-hybridized carbons (Fsp3) is 0.421. The number of sulfonamides is 1. The number of rotatable bonds is 10. The van der Waals surface area contributed by atoms with Gasteiger partial charge in [0.25, 0.3) is 0 Å². The molecule has 0 saturated carbocycles. The van der Waals surface area contributed by atoms with E-state index in [0.29, 0.717) is 18.8 Å². The molecule has 2 rings (SSSR count). The van der Waals surface area contributed by atoms with Crippen LogP contribution in [0.2, 0.25) is 0 Å². The number of anilines is 1. The van der Waals surface area contributed by atoms with Gasteiger partial charge in [0.15, 0.2) is 0 Å². The summed E-state index contributed by atoms with van der Waals surface area (Å²) in [5, 5.41) is 4.83. The first-order chi connectivity index (χ1) is 12.9. The lowest BCUT2D eigenvalue weighted by Crippen LogP contribution is -2.33. The van der Waals surface area contributed by atoms with Crippen molar-refractivity contribution in [2.24, 2.45) is 0 Å². The Balaban J connectivity index is 2.05. The fourth-order valence-corrected chi connectivity index (χ4v) is 5.00. The number of carbonyl (C=O) groups excluding carboxylic acids is 1. The molecule has 8 heteroatoms. The van der Waals surface area contributed by atoms with E-state index in [4.69, 9.17) is 0 Å². The zero-order valence-electron chi connectivity index (χ0n) is 16.0. The summed E-state index contributed by atoms with van der Waals surface area (Å²) in [6.45, 7) is 8.16. The lowest BCUT2D eigenvalue weighted by Gasteiger charge is -2.20. The molecule has 0 unspecified atom stereocenters. The fourth-order valence-electron chi connectivity index (χ4n) is 2.75. The first-order valence-electron chi connectivity index (χ1n) is 9.05.